The van der Waals surface area contributed by atoms with Crippen molar-refractivity contribution in [3.63, 3.8) is 0 Å². The summed E-state index contributed by atoms with van der Waals surface area (Å²) in [6, 6.07) is 1.66. The second-order valence-corrected chi connectivity index (χ2v) is 8.11. The lowest BCUT2D eigenvalue weighted by molar-refractivity contribution is -0.137. The third-order valence-corrected chi connectivity index (χ3v) is 5.79. The van der Waals surface area contributed by atoms with Crippen molar-refractivity contribution >= 4 is 5.91 Å². The Bertz CT molecular complexity index is 726. The van der Waals surface area contributed by atoms with Crippen LogP contribution in [0.1, 0.15) is 60.9 Å². The maximum absolute atomic E-state index is 13.5. The van der Waals surface area contributed by atoms with E-state index in [1.807, 2.05) is 0 Å². The third kappa shape index (κ3) is 6.10. The van der Waals surface area contributed by atoms with Crippen LogP contribution < -0.4 is 10.6 Å². The lowest BCUT2D eigenvalue weighted by Gasteiger charge is -2.29. The van der Waals surface area contributed by atoms with Crippen LogP contribution in [-0.4, -0.2) is 30.5 Å². The summed E-state index contributed by atoms with van der Waals surface area (Å²) in [5, 5.41) is 6.02. The maximum atomic E-state index is 13.5. The molecular weight excluding hydrogens is 398 g/mol. The van der Waals surface area contributed by atoms with Gasteiger partial charge in [0.1, 0.15) is 5.82 Å². The predicted octanol–water partition coefficient (Wildman–Crippen LogP) is 4.91. The van der Waals surface area contributed by atoms with Gasteiger partial charge in [0.05, 0.1) is 5.56 Å². The first-order valence-electron chi connectivity index (χ1n) is 9.82. The Labute approximate surface area is 165 Å². The molecule has 0 radical (unpaired) electrons. The molecule has 0 bridgehead atoms. The van der Waals surface area contributed by atoms with Crippen molar-refractivity contribution in [2.24, 2.45) is 5.92 Å². The molecule has 1 aromatic rings. The third-order valence-electron chi connectivity index (χ3n) is 5.79. The molecule has 162 valence electrons. The van der Waals surface area contributed by atoms with Crippen LogP contribution in [0.25, 0.3) is 0 Å². The van der Waals surface area contributed by atoms with Crippen molar-refractivity contribution in [3.05, 3.63) is 35.1 Å². The predicted molar refractivity (Wildman–Crippen MR) is 95.2 cm³/mol. The lowest BCUT2D eigenvalue weighted by Crippen LogP contribution is -2.37. The number of hydrogen-bond acceptors (Lipinski definition) is 2. The Kier molecular flexibility index (Phi) is 6.45. The van der Waals surface area contributed by atoms with Gasteiger partial charge in [-0.25, -0.2) is 13.2 Å². The zero-order valence-corrected chi connectivity index (χ0v) is 15.8. The molecule has 2 aliphatic rings. The van der Waals surface area contributed by atoms with Crippen molar-refractivity contribution in [1.82, 2.24) is 10.6 Å². The summed E-state index contributed by atoms with van der Waals surface area (Å²) >= 11 is 0. The molecule has 0 aromatic heterocycles. The number of halogens is 6. The molecule has 9 heteroatoms. The molecule has 2 saturated carbocycles. The zero-order valence-electron chi connectivity index (χ0n) is 15.8. The number of carbonyl (C=O) groups is 1. The largest absolute Gasteiger partial charge is 0.416 e. The topological polar surface area (TPSA) is 41.1 Å². The molecule has 0 saturated heterocycles. The van der Waals surface area contributed by atoms with Crippen LogP contribution in [0, 0.1) is 11.7 Å². The fourth-order valence-corrected chi connectivity index (χ4v) is 4.09. The van der Waals surface area contributed by atoms with Crippen LogP contribution >= 0.6 is 0 Å². The molecule has 3 nitrogen and oxygen atoms in total. The second-order valence-electron chi connectivity index (χ2n) is 8.11. The molecule has 29 heavy (non-hydrogen) atoms. The first kappa shape index (κ1) is 21.9. The van der Waals surface area contributed by atoms with Gasteiger partial charge in [-0.15, -0.1) is 0 Å². The molecule has 0 aliphatic heterocycles. The van der Waals surface area contributed by atoms with Crippen molar-refractivity contribution in [2.45, 2.75) is 69.1 Å². The van der Waals surface area contributed by atoms with Gasteiger partial charge in [-0.05, 0) is 62.8 Å². The molecule has 1 aromatic carbocycles. The molecule has 2 aliphatic carbocycles. The highest BCUT2D eigenvalue weighted by molar-refractivity contribution is 5.94. The molecular formula is C20H24F6N2O. The Morgan fingerprint density at radius 1 is 1.03 bits per heavy atom. The monoisotopic (exact) mass is 422 g/mol. The average molecular weight is 422 g/mol. The first-order chi connectivity index (χ1) is 13.5. The molecule has 2 fully saturated rings. The van der Waals surface area contributed by atoms with Crippen LogP contribution in [-0.2, 0) is 6.18 Å². The summed E-state index contributed by atoms with van der Waals surface area (Å²) in [5.74, 6) is -4.21. The van der Waals surface area contributed by atoms with E-state index >= 15 is 0 Å². The van der Waals surface area contributed by atoms with Crippen molar-refractivity contribution in [1.29, 1.82) is 0 Å². The highest BCUT2D eigenvalue weighted by atomic mass is 19.4. The summed E-state index contributed by atoms with van der Waals surface area (Å²) in [5.41, 5.74) is -1.57. The van der Waals surface area contributed by atoms with E-state index < -0.39 is 29.4 Å². The van der Waals surface area contributed by atoms with Gasteiger partial charge in [-0.1, -0.05) is 0 Å². The normalized spacial score (nSPS) is 25.2. The molecule has 2 N–H and O–H groups in total. The van der Waals surface area contributed by atoms with Crippen LogP contribution in [0.5, 0.6) is 0 Å². The van der Waals surface area contributed by atoms with Crippen LogP contribution in [0.4, 0.5) is 26.3 Å². The Morgan fingerprint density at radius 2 is 1.69 bits per heavy atom. The molecule has 1 amide bonds. The standard InChI is InChI=1S/C20H24F6N2O/c21-15-8-13(7-14(9-15)20(24,25)26)18(29)28-17-2-1-16(10-17)27-11-12-3-5-19(22,23)6-4-12/h7-9,12,16-17,27H,1-6,10-11H2,(H,28,29)/t16-,17-/m0/s1. The molecule has 2 atom stereocenters. The fourth-order valence-electron chi connectivity index (χ4n) is 4.09. The van der Waals surface area contributed by atoms with Crippen LogP contribution in [0.3, 0.4) is 0 Å². The Morgan fingerprint density at radius 3 is 2.34 bits per heavy atom. The Hall–Kier alpha value is -1.77. The second kappa shape index (κ2) is 8.53. The van der Waals surface area contributed by atoms with Crippen LogP contribution in [0.15, 0.2) is 18.2 Å². The van der Waals surface area contributed by atoms with E-state index in [-0.39, 0.29) is 36.4 Å². The average Bonchev–Trinajstić information content (AvgIpc) is 3.07. The van der Waals surface area contributed by atoms with E-state index in [0.717, 1.165) is 12.5 Å². The van der Waals surface area contributed by atoms with Crippen molar-refractivity contribution in [2.75, 3.05) is 6.54 Å². The van der Waals surface area contributed by atoms with E-state index in [1.54, 1.807) is 0 Å². The number of alkyl halides is 5. The summed E-state index contributed by atoms with van der Waals surface area (Å²) in [4.78, 5) is 12.3. The van der Waals surface area contributed by atoms with Gasteiger partial charge in [-0.2, -0.15) is 13.2 Å². The summed E-state index contributed by atoms with van der Waals surface area (Å²) in [7, 11) is 0. The van der Waals surface area contributed by atoms with E-state index in [0.29, 0.717) is 44.4 Å². The number of carbonyl (C=O) groups excluding carboxylic acids is 1. The first-order valence-corrected chi connectivity index (χ1v) is 9.82. The maximum Gasteiger partial charge on any atom is 0.416 e. The number of rotatable bonds is 5. The molecule has 0 unspecified atom stereocenters. The SMILES string of the molecule is O=C(N[C@H]1CC[C@H](NCC2CCC(F)(F)CC2)C1)c1cc(F)cc(C(F)(F)F)c1. The van der Waals surface area contributed by atoms with E-state index in [4.69, 9.17) is 0 Å². The zero-order chi connectivity index (χ0) is 21.2. The number of nitrogens with one attached hydrogen (secondary N) is 2. The van der Waals surface area contributed by atoms with Gasteiger partial charge >= 0.3 is 6.18 Å². The van der Waals surface area contributed by atoms with E-state index in [9.17, 15) is 31.1 Å². The van der Waals surface area contributed by atoms with Crippen LogP contribution in [0.2, 0.25) is 0 Å². The number of amides is 1. The molecule has 3 rings (SSSR count). The fraction of sp³-hybridized carbons (Fsp3) is 0.650. The minimum Gasteiger partial charge on any atom is -0.349 e. The minimum atomic E-state index is -4.73. The van der Waals surface area contributed by atoms with E-state index in [1.165, 1.54) is 0 Å². The van der Waals surface area contributed by atoms with Gasteiger partial charge in [0.15, 0.2) is 0 Å². The van der Waals surface area contributed by atoms with Gasteiger partial charge < -0.3 is 10.6 Å². The lowest BCUT2D eigenvalue weighted by atomic mass is 9.86. The summed E-state index contributed by atoms with van der Waals surface area (Å²) in [6.45, 7) is 0.639. The smallest absolute Gasteiger partial charge is 0.349 e. The quantitative estimate of drug-likeness (QED) is 0.662. The van der Waals surface area contributed by atoms with Crippen molar-refractivity contribution in [3.8, 4) is 0 Å². The number of hydrogen-bond donors (Lipinski definition) is 2. The van der Waals surface area contributed by atoms with Gasteiger partial charge in [0.25, 0.3) is 5.91 Å². The van der Waals surface area contributed by atoms with Crippen molar-refractivity contribution < 1.29 is 31.1 Å². The van der Waals surface area contributed by atoms with Gasteiger partial charge in [-0.3, -0.25) is 4.79 Å². The minimum absolute atomic E-state index is 0.0871. The molecule has 0 heterocycles. The Balaban J connectivity index is 1.47. The number of benzene rings is 1. The van der Waals surface area contributed by atoms with Gasteiger partial charge in [0, 0.05) is 30.5 Å². The highest BCUT2D eigenvalue weighted by Gasteiger charge is 2.35. The molecule has 0 spiro atoms. The highest BCUT2D eigenvalue weighted by Crippen LogP contribution is 2.36. The van der Waals surface area contributed by atoms with E-state index in [2.05, 4.69) is 10.6 Å². The van der Waals surface area contributed by atoms with Gasteiger partial charge in [0.2, 0.25) is 5.92 Å². The summed E-state index contributed by atoms with van der Waals surface area (Å²) < 4.78 is 78.3. The summed E-state index contributed by atoms with van der Waals surface area (Å²) in [6.07, 6.45) is -1.94.